The molecule has 0 amide bonds. The van der Waals surface area contributed by atoms with Crippen molar-refractivity contribution >= 4 is 22.6 Å². The van der Waals surface area contributed by atoms with Crippen LogP contribution in [0.4, 0.5) is 0 Å². The highest BCUT2D eigenvalue weighted by molar-refractivity contribution is 14.1. The molecule has 0 aromatic heterocycles. The van der Waals surface area contributed by atoms with E-state index in [0.717, 1.165) is 6.67 Å². The maximum Gasteiger partial charge on any atom is 0.0896 e. The fraction of sp³-hybridized carbons (Fsp3) is 0.889. The van der Waals surface area contributed by atoms with Crippen molar-refractivity contribution < 1.29 is 0 Å². The molecule has 0 aromatic rings. The smallest absolute Gasteiger partial charge is 0.0896 e. The maximum absolute atomic E-state index is 2.62. The quantitative estimate of drug-likeness (QED) is 0.217. The molecule has 0 aromatic carbocycles. The zero-order valence-electron chi connectivity index (χ0n) is 14.2. The molecule has 0 saturated carbocycles. The minimum absolute atomic E-state index is 1.14. The lowest BCUT2D eigenvalue weighted by Gasteiger charge is -2.23. The number of halogens is 1. The van der Waals surface area contributed by atoms with Gasteiger partial charge in [-0.15, -0.1) is 0 Å². The van der Waals surface area contributed by atoms with E-state index in [4.69, 9.17) is 0 Å². The predicted molar refractivity (Wildman–Crippen MR) is 103 cm³/mol. The van der Waals surface area contributed by atoms with Gasteiger partial charge in [0, 0.05) is 29.4 Å². The molecule has 0 spiro atoms. The number of unbranched alkanes of at least 4 members (excludes halogenated alkanes) is 6. The Balaban J connectivity index is 2.25. The Bertz CT molecular complexity index is 278. The highest BCUT2D eigenvalue weighted by Crippen LogP contribution is 2.22. The molecule has 1 aliphatic rings. The van der Waals surface area contributed by atoms with Gasteiger partial charge in [0.2, 0.25) is 0 Å². The molecule has 21 heavy (non-hydrogen) atoms. The summed E-state index contributed by atoms with van der Waals surface area (Å²) in [5.41, 5.74) is 1.59. The molecule has 0 N–H and O–H groups in total. The van der Waals surface area contributed by atoms with E-state index in [1.165, 1.54) is 81.7 Å². The van der Waals surface area contributed by atoms with Crippen LogP contribution in [0.1, 0.15) is 78.1 Å². The molecular formula is C18H35IN2. The molecule has 0 radical (unpaired) electrons. The zero-order chi connectivity index (χ0) is 15.3. The number of rotatable bonds is 13. The van der Waals surface area contributed by atoms with Gasteiger partial charge in [-0.1, -0.05) is 75.0 Å². The third-order valence-corrected chi connectivity index (χ3v) is 5.00. The van der Waals surface area contributed by atoms with Crippen molar-refractivity contribution in [3.63, 3.8) is 0 Å². The van der Waals surface area contributed by atoms with Crippen molar-refractivity contribution in [1.82, 2.24) is 9.80 Å². The molecule has 0 fully saturated rings. The van der Waals surface area contributed by atoms with E-state index >= 15 is 0 Å². The Kier molecular flexibility index (Phi) is 11.5. The van der Waals surface area contributed by atoms with Crippen LogP contribution in [-0.4, -0.2) is 34.0 Å². The summed E-state index contributed by atoms with van der Waals surface area (Å²) in [7, 11) is 0. The van der Waals surface area contributed by atoms with Crippen LogP contribution in [0.3, 0.4) is 0 Å². The first-order valence-corrected chi connectivity index (χ1v) is 10.6. The lowest BCUT2D eigenvalue weighted by Crippen LogP contribution is -2.28. The van der Waals surface area contributed by atoms with Crippen molar-refractivity contribution in [1.29, 1.82) is 0 Å². The summed E-state index contributed by atoms with van der Waals surface area (Å²) >= 11 is 2.49. The number of allylic oxidation sites excluding steroid dienone is 1. The van der Waals surface area contributed by atoms with Gasteiger partial charge < -0.3 is 9.80 Å². The van der Waals surface area contributed by atoms with Crippen LogP contribution in [0, 0.1) is 0 Å². The van der Waals surface area contributed by atoms with Gasteiger partial charge in [0.15, 0.2) is 0 Å². The molecule has 1 aliphatic heterocycles. The van der Waals surface area contributed by atoms with E-state index in [-0.39, 0.29) is 0 Å². The van der Waals surface area contributed by atoms with E-state index in [2.05, 4.69) is 52.4 Å². The lowest BCUT2D eigenvalue weighted by molar-refractivity contribution is 0.248. The van der Waals surface area contributed by atoms with Crippen molar-refractivity contribution in [3.05, 3.63) is 11.9 Å². The molecule has 2 nitrogen and oxygen atoms in total. The van der Waals surface area contributed by atoms with Crippen LogP contribution < -0.4 is 0 Å². The second kappa shape index (κ2) is 12.6. The standard InChI is InChI=1S/C18H35IN2/c1-3-5-7-8-9-10-14-20-16-18(12-6-4-2)21(17-20)15-11-13-19/h16H,3-15,17H2,1-2H3. The summed E-state index contributed by atoms with van der Waals surface area (Å²) in [5, 5.41) is 0. The van der Waals surface area contributed by atoms with Crippen LogP contribution in [0.5, 0.6) is 0 Å². The fourth-order valence-corrected chi connectivity index (χ4v) is 3.26. The van der Waals surface area contributed by atoms with Crippen LogP contribution in [-0.2, 0) is 0 Å². The average Bonchev–Trinajstić information content (AvgIpc) is 2.88. The van der Waals surface area contributed by atoms with Gasteiger partial charge in [-0.2, -0.15) is 0 Å². The summed E-state index contributed by atoms with van der Waals surface area (Å²) in [6.07, 6.45) is 16.0. The molecule has 1 rings (SSSR count). The molecule has 1 heterocycles. The molecule has 0 unspecified atom stereocenters. The van der Waals surface area contributed by atoms with Gasteiger partial charge in [-0.25, -0.2) is 0 Å². The van der Waals surface area contributed by atoms with Gasteiger partial charge in [0.05, 0.1) is 6.67 Å². The highest BCUT2D eigenvalue weighted by Gasteiger charge is 2.19. The SMILES string of the molecule is CCCCCCCCN1C=C(CCCC)N(CCCI)C1. The molecule has 124 valence electrons. The molecule has 0 bridgehead atoms. The summed E-state index contributed by atoms with van der Waals surface area (Å²) in [6.45, 7) is 8.22. The first-order chi connectivity index (χ1) is 10.3. The fourth-order valence-electron chi connectivity index (χ4n) is 2.92. The highest BCUT2D eigenvalue weighted by atomic mass is 127. The summed E-state index contributed by atoms with van der Waals surface area (Å²) in [6, 6.07) is 0. The van der Waals surface area contributed by atoms with Crippen molar-refractivity contribution in [2.75, 3.05) is 24.2 Å². The van der Waals surface area contributed by atoms with Gasteiger partial charge in [-0.05, 0) is 25.7 Å². The topological polar surface area (TPSA) is 6.48 Å². The summed E-state index contributed by atoms with van der Waals surface area (Å²) < 4.78 is 1.27. The van der Waals surface area contributed by atoms with Gasteiger partial charge in [0.25, 0.3) is 0 Å². The molecule has 0 saturated heterocycles. The van der Waals surface area contributed by atoms with E-state index in [1.54, 1.807) is 5.70 Å². The average molecular weight is 406 g/mol. The van der Waals surface area contributed by atoms with Crippen LogP contribution in [0.2, 0.25) is 0 Å². The second-order valence-corrected chi connectivity index (χ2v) is 7.33. The van der Waals surface area contributed by atoms with E-state index in [0.29, 0.717) is 0 Å². The third-order valence-electron chi connectivity index (χ3n) is 4.24. The van der Waals surface area contributed by atoms with Crippen molar-refractivity contribution in [2.45, 2.75) is 78.1 Å². The zero-order valence-corrected chi connectivity index (χ0v) is 16.4. The summed E-state index contributed by atoms with van der Waals surface area (Å²) in [4.78, 5) is 5.17. The number of hydrogen-bond acceptors (Lipinski definition) is 2. The Labute approximate surface area is 146 Å². The molecular weight excluding hydrogens is 371 g/mol. The predicted octanol–water partition coefficient (Wildman–Crippen LogP) is 5.78. The minimum Gasteiger partial charge on any atom is -0.358 e. The van der Waals surface area contributed by atoms with E-state index < -0.39 is 0 Å². The number of alkyl halides is 1. The largest absolute Gasteiger partial charge is 0.358 e. The van der Waals surface area contributed by atoms with Crippen LogP contribution >= 0.6 is 22.6 Å². The Hall–Kier alpha value is 0.0700. The van der Waals surface area contributed by atoms with Crippen molar-refractivity contribution in [2.24, 2.45) is 0 Å². The van der Waals surface area contributed by atoms with Gasteiger partial charge >= 0.3 is 0 Å². The van der Waals surface area contributed by atoms with E-state index in [9.17, 15) is 0 Å². The molecule has 3 heteroatoms. The van der Waals surface area contributed by atoms with Gasteiger partial charge in [0.1, 0.15) is 0 Å². The number of nitrogens with zero attached hydrogens (tertiary/aromatic N) is 2. The van der Waals surface area contributed by atoms with Gasteiger partial charge in [-0.3, -0.25) is 0 Å². The van der Waals surface area contributed by atoms with Crippen LogP contribution in [0.15, 0.2) is 11.9 Å². The Morgan fingerprint density at radius 1 is 0.905 bits per heavy atom. The van der Waals surface area contributed by atoms with Crippen LogP contribution in [0.25, 0.3) is 0 Å². The first kappa shape index (κ1) is 19.1. The normalized spacial score (nSPS) is 14.9. The van der Waals surface area contributed by atoms with E-state index in [1.807, 2.05) is 0 Å². The number of hydrogen-bond donors (Lipinski definition) is 0. The maximum atomic E-state index is 2.62. The molecule has 0 aliphatic carbocycles. The third kappa shape index (κ3) is 8.32. The Morgan fingerprint density at radius 3 is 2.33 bits per heavy atom. The minimum atomic E-state index is 1.14. The monoisotopic (exact) mass is 406 g/mol. The summed E-state index contributed by atoms with van der Waals surface area (Å²) in [5.74, 6) is 0. The lowest BCUT2D eigenvalue weighted by atomic mass is 10.1. The van der Waals surface area contributed by atoms with Crippen molar-refractivity contribution in [3.8, 4) is 0 Å². The second-order valence-electron chi connectivity index (χ2n) is 6.25. The first-order valence-electron chi connectivity index (χ1n) is 9.07. The molecule has 0 atom stereocenters. The Morgan fingerprint density at radius 2 is 1.62 bits per heavy atom.